The van der Waals surface area contributed by atoms with Crippen LogP contribution in [0.2, 0.25) is 23.2 Å². The van der Waals surface area contributed by atoms with Gasteiger partial charge >= 0.3 is 0 Å². The summed E-state index contributed by atoms with van der Waals surface area (Å²) in [5.74, 6) is 0. The highest BCUT2D eigenvalue weighted by Crippen LogP contribution is 2.39. The molecule has 2 rings (SSSR count). The SMILES string of the molecule is CN(c1ccc(C#N)c(Cl)c1)C1CCCC(O[Si](C)(C)C(C)(C)C)C1. The Balaban J connectivity index is 2.08. The summed E-state index contributed by atoms with van der Waals surface area (Å²) in [5, 5.41) is 9.81. The molecule has 5 heteroatoms. The molecule has 1 fully saturated rings. The topological polar surface area (TPSA) is 36.3 Å². The Kier molecular flexibility index (Phi) is 6.25. The maximum atomic E-state index is 9.04. The first-order valence-electron chi connectivity index (χ1n) is 9.15. The molecule has 0 amide bonds. The van der Waals surface area contributed by atoms with E-state index in [2.05, 4.69) is 51.9 Å². The molecule has 0 N–H and O–H groups in total. The van der Waals surface area contributed by atoms with Crippen molar-refractivity contribution in [2.75, 3.05) is 11.9 Å². The fourth-order valence-electron chi connectivity index (χ4n) is 3.20. The number of rotatable bonds is 4. The second-order valence-corrected chi connectivity index (χ2v) is 13.9. The highest BCUT2D eigenvalue weighted by atomic mass is 35.5. The molecule has 0 bridgehead atoms. The molecule has 0 aromatic heterocycles. The minimum absolute atomic E-state index is 0.243. The van der Waals surface area contributed by atoms with Gasteiger partial charge in [0.05, 0.1) is 10.6 Å². The van der Waals surface area contributed by atoms with Crippen molar-refractivity contribution in [2.45, 2.75) is 76.7 Å². The van der Waals surface area contributed by atoms with Gasteiger partial charge in [0.25, 0.3) is 0 Å². The molecule has 1 aromatic rings. The summed E-state index contributed by atoms with van der Waals surface area (Å²) >= 11 is 6.21. The van der Waals surface area contributed by atoms with Gasteiger partial charge in [0.1, 0.15) is 6.07 Å². The number of anilines is 1. The molecule has 1 saturated carbocycles. The molecule has 25 heavy (non-hydrogen) atoms. The summed E-state index contributed by atoms with van der Waals surface area (Å²) in [6.45, 7) is 11.6. The third kappa shape index (κ3) is 4.78. The zero-order chi connectivity index (χ0) is 18.8. The van der Waals surface area contributed by atoms with E-state index in [0.29, 0.717) is 22.7 Å². The van der Waals surface area contributed by atoms with Crippen molar-refractivity contribution in [3.05, 3.63) is 28.8 Å². The van der Waals surface area contributed by atoms with E-state index in [9.17, 15) is 0 Å². The van der Waals surface area contributed by atoms with Crippen LogP contribution in [0.4, 0.5) is 5.69 Å². The quantitative estimate of drug-likeness (QED) is 0.604. The van der Waals surface area contributed by atoms with E-state index in [0.717, 1.165) is 18.5 Å². The lowest BCUT2D eigenvalue weighted by molar-refractivity contribution is 0.127. The molecule has 1 aliphatic rings. The molecule has 3 nitrogen and oxygen atoms in total. The lowest BCUT2D eigenvalue weighted by Crippen LogP contribution is -2.47. The Morgan fingerprint density at radius 3 is 2.52 bits per heavy atom. The average molecular weight is 379 g/mol. The summed E-state index contributed by atoms with van der Waals surface area (Å²) in [7, 11) is 0.389. The number of benzene rings is 1. The zero-order valence-corrected chi connectivity index (χ0v) is 18.2. The third-order valence-corrected chi connectivity index (χ3v) is 10.7. The van der Waals surface area contributed by atoms with E-state index in [1.54, 1.807) is 6.07 Å². The van der Waals surface area contributed by atoms with Crippen LogP contribution >= 0.6 is 11.6 Å². The maximum absolute atomic E-state index is 9.04. The van der Waals surface area contributed by atoms with Crippen LogP contribution in [0.3, 0.4) is 0 Å². The highest BCUT2D eigenvalue weighted by Gasteiger charge is 2.40. The van der Waals surface area contributed by atoms with Crippen molar-refractivity contribution in [2.24, 2.45) is 0 Å². The van der Waals surface area contributed by atoms with Gasteiger partial charge in [0.15, 0.2) is 8.32 Å². The molecule has 0 spiro atoms. The number of hydrogen-bond acceptors (Lipinski definition) is 3. The molecule has 1 aliphatic carbocycles. The molecular formula is C20H31ClN2OSi. The summed E-state index contributed by atoms with van der Waals surface area (Å²) in [6, 6.07) is 8.27. The van der Waals surface area contributed by atoms with Gasteiger partial charge in [-0.3, -0.25) is 0 Å². The predicted molar refractivity (Wildman–Crippen MR) is 109 cm³/mol. The highest BCUT2D eigenvalue weighted by molar-refractivity contribution is 6.74. The number of halogens is 1. The summed E-state index contributed by atoms with van der Waals surface area (Å²) in [4.78, 5) is 2.30. The normalized spacial score (nSPS) is 21.7. The van der Waals surface area contributed by atoms with Crippen molar-refractivity contribution in [1.82, 2.24) is 0 Å². The third-order valence-electron chi connectivity index (χ3n) is 5.89. The van der Waals surface area contributed by atoms with Crippen LogP contribution < -0.4 is 4.90 Å². The Labute approximate surface area is 159 Å². The summed E-state index contributed by atoms with van der Waals surface area (Å²) < 4.78 is 6.66. The summed E-state index contributed by atoms with van der Waals surface area (Å²) in [5.41, 5.74) is 1.60. The molecular weight excluding hydrogens is 348 g/mol. The van der Waals surface area contributed by atoms with E-state index in [4.69, 9.17) is 21.3 Å². The van der Waals surface area contributed by atoms with Gasteiger partial charge < -0.3 is 9.33 Å². The molecule has 2 unspecified atom stereocenters. The van der Waals surface area contributed by atoms with Crippen molar-refractivity contribution in [1.29, 1.82) is 5.26 Å². The van der Waals surface area contributed by atoms with Gasteiger partial charge in [0, 0.05) is 24.9 Å². The van der Waals surface area contributed by atoms with Crippen molar-refractivity contribution >= 4 is 25.6 Å². The minimum Gasteiger partial charge on any atom is -0.414 e. The first-order chi connectivity index (χ1) is 11.5. The van der Waals surface area contributed by atoms with Gasteiger partial charge in [-0.25, -0.2) is 0 Å². The van der Waals surface area contributed by atoms with E-state index in [-0.39, 0.29) is 5.04 Å². The monoisotopic (exact) mass is 378 g/mol. The van der Waals surface area contributed by atoms with E-state index < -0.39 is 8.32 Å². The van der Waals surface area contributed by atoms with Crippen LogP contribution in [0.25, 0.3) is 0 Å². The predicted octanol–water partition coefficient (Wildman–Crippen LogP) is 5.98. The first-order valence-corrected chi connectivity index (χ1v) is 12.4. The zero-order valence-electron chi connectivity index (χ0n) is 16.4. The molecule has 138 valence electrons. The van der Waals surface area contributed by atoms with Crippen LogP contribution in [0.5, 0.6) is 0 Å². The molecule has 0 heterocycles. The standard InChI is InChI=1S/C20H31ClN2OSi/c1-20(2,3)25(5,6)24-18-9-7-8-16(12-18)23(4)17-11-10-15(14-22)19(21)13-17/h10-11,13,16,18H,7-9,12H2,1-6H3. The fourth-order valence-corrected chi connectivity index (χ4v) is 4.82. The van der Waals surface area contributed by atoms with Crippen LogP contribution in [0, 0.1) is 11.3 Å². The Bertz CT molecular complexity index is 648. The molecule has 1 aromatic carbocycles. The average Bonchev–Trinajstić information content (AvgIpc) is 2.53. The Morgan fingerprint density at radius 1 is 1.28 bits per heavy atom. The van der Waals surface area contributed by atoms with Crippen LogP contribution in [0.15, 0.2) is 18.2 Å². The van der Waals surface area contributed by atoms with Crippen LogP contribution in [-0.4, -0.2) is 27.5 Å². The second-order valence-electron chi connectivity index (χ2n) is 8.71. The van der Waals surface area contributed by atoms with Gasteiger partial charge in [0.2, 0.25) is 0 Å². The number of nitrogens with zero attached hydrogens (tertiary/aromatic N) is 2. The van der Waals surface area contributed by atoms with Crippen molar-refractivity contribution in [3.63, 3.8) is 0 Å². The van der Waals surface area contributed by atoms with Gasteiger partial charge in [-0.15, -0.1) is 0 Å². The van der Waals surface area contributed by atoms with Crippen molar-refractivity contribution in [3.8, 4) is 6.07 Å². The van der Waals surface area contributed by atoms with E-state index in [1.165, 1.54) is 12.8 Å². The molecule has 0 radical (unpaired) electrons. The van der Waals surface area contributed by atoms with Gasteiger partial charge in [-0.2, -0.15) is 5.26 Å². The smallest absolute Gasteiger partial charge is 0.192 e. The fraction of sp³-hybridized carbons (Fsp3) is 0.650. The number of hydrogen-bond donors (Lipinski definition) is 0. The Hall–Kier alpha value is -1.02. The Morgan fingerprint density at radius 2 is 1.96 bits per heavy atom. The van der Waals surface area contributed by atoms with Crippen LogP contribution in [-0.2, 0) is 4.43 Å². The largest absolute Gasteiger partial charge is 0.414 e. The second kappa shape index (κ2) is 7.69. The molecule has 2 atom stereocenters. The first kappa shape index (κ1) is 20.3. The minimum atomic E-state index is -1.73. The van der Waals surface area contributed by atoms with E-state index >= 15 is 0 Å². The molecule has 0 aliphatic heterocycles. The van der Waals surface area contributed by atoms with Gasteiger partial charge in [-0.05, 0) is 62.0 Å². The van der Waals surface area contributed by atoms with E-state index in [1.807, 2.05) is 12.1 Å². The van der Waals surface area contributed by atoms with Crippen LogP contribution in [0.1, 0.15) is 52.0 Å². The lowest BCUT2D eigenvalue weighted by atomic mass is 9.92. The number of nitriles is 1. The lowest BCUT2D eigenvalue weighted by Gasteiger charge is -2.43. The van der Waals surface area contributed by atoms with Gasteiger partial charge in [-0.1, -0.05) is 32.4 Å². The maximum Gasteiger partial charge on any atom is 0.192 e. The summed E-state index contributed by atoms with van der Waals surface area (Å²) in [6.07, 6.45) is 4.92. The van der Waals surface area contributed by atoms with Crippen molar-refractivity contribution < 1.29 is 4.43 Å². The molecule has 0 saturated heterocycles.